The molecule has 118 valence electrons. The van der Waals surface area contributed by atoms with Crippen LogP contribution in [0.4, 0.5) is 0 Å². The predicted octanol–water partition coefficient (Wildman–Crippen LogP) is 0.399. The maximum Gasteiger partial charge on any atom is 1.00 e. The molecule has 0 aromatic heterocycles. The Labute approximate surface area is 148 Å². The number of likely N-dealkylation sites (N-methyl/N-ethyl adjacent to an activating group) is 1. The maximum absolute atomic E-state index is 5.02. The summed E-state index contributed by atoms with van der Waals surface area (Å²) in [6, 6.07) is 11.1. The Morgan fingerprint density at radius 3 is 2.18 bits per heavy atom. The minimum atomic E-state index is 0. The van der Waals surface area contributed by atoms with Crippen LogP contribution in [0.5, 0.6) is 0 Å². The largest absolute Gasteiger partial charge is 1.00 e. The molecule has 0 radical (unpaired) electrons. The number of hydrogen-bond donors (Lipinski definition) is 0. The Bertz CT molecular complexity index is 408. The zero-order valence-electron chi connectivity index (χ0n) is 15.0. The molecule has 0 bridgehead atoms. The van der Waals surface area contributed by atoms with Crippen LogP contribution < -0.4 is 18.9 Å². The third-order valence-corrected chi connectivity index (χ3v) is 4.00. The van der Waals surface area contributed by atoms with E-state index in [2.05, 4.69) is 68.0 Å². The van der Waals surface area contributed by atoms with Crippen molar-refractivity contribution in [3.05, 3.63) is 41.2 Å². The smallest absolute Gasteiger partial charge is 0.654 e. The molecule has 4 heteroatoms. The molecule has 0 spiro atoms. The molecule has 0 amide bonds. The summed E-state index contributed by atoms with van der Waals surface area (Å²) in [5.41, 5.74) is 1.61. The predicted molar refractivity (Wildman–Crippen MR) is 90.8 cm³/mol. The fraction of sp³-hybridized carbons (Fsp3) is 0.667. The number of piperazine rings is 1. The molecule has 1 aliphatic heterocycles. The molecule has 2 rings (SSSR count). The van der Waals surface area contributed by atoms with Gasteiger partial charge in [-0.1, -0.05) is 68.1 Å². The van der Waals surface area contributed by atoms with Gasteiger partial charge in [-0.3, -0.25) is 0 Å². The van der Waals surface area contributed by atoms with Crippen LogP contribution in [0.2, 0.25) is 0 Å². The van der Waals surface area contributed by atoms with Gasteiger partial charge in [0.1, 0.15) is 0 Å². The number of rotatable bonds is 5. The van der Waals surface area contributed by atoms with E-state index in [4.69, 9.17) is 5.32 Å². The van der Waals surface area contributed by atoms with Crippen molar-refractivity contribution in [3.8, 4) is 0 Å². The summed E-state index contributed by atoms with van der Waals surface area (Å²) in [6.07, 6.45) is 0. The van der Waals surface area contributed by atoms with Crippen LogP contribution in [0.15, 0.2) is 30.3 Å². The first-order chi connectivity index (χ1) is 9.94. The summed E-state index contributed by atoms with van der Waals surface area (Å²) in [5, 5.41) is 5.02. The second kappa shape index (κ2) is 9.11. The Morgan fingerprint density at radius 1 is 1.05 bits per heavy atom. The second-order valence-corrected chi connectivity index (χ2v) is 7.43. The third-order valence-electron chi connectivity index (χ3n) is 4.00. The van der Waals surface area contributed by atoms with Crippen molar-refractivity contribution in [2.24, 2.45) is 5.41 Å². The average Bonchev–Trinajstić information content (AvgIpc) is 2.45. The van der Waals surface area contributed by atoms with Crippen molar-refractivity contribution in [1.29, 1.82) is 0 Å². The maximum atomic E-state index is 5.02. The summed E-state index contributed by atoms with van der Waals surface area (Å²) in [7, 11) is 2.20. The standard InChI is InChI=1S/C18H30N3.Li/c1-18(2,3)15-19-17(16-8-6-5-7-9-16)14-21-12-10-20(4)11-13-21;/h5-9,17H,10-15H2,1-4H3;/q-1;+1/t17-;/m0./s1. The van der Waals surface area contributed by atoms with E-state index in [1.54, 1.807) is 0 Å². The number of benzene rings is 1. The van der Waals surface area contributed by atoms with Crippen LogP contribution in [0.25, 0.3) is 5.32 Å². The molecule has 1 atom stereocenters. The van der Waals surface area contributed by atoms with Gasteiger partial charge in [0.2, 0.25) is 0 Å². The van der Waals surface area contributed by atoms with Gasteiger partial charge in [-0.2, -0.15) is 0 Å². The van der Waals surface area contributed by atoms with Crippen molar-refractivity contribution in [2.45, 2.75) is 26.8 Å². The number of hydrogen-bond acceptors (Lipinski definition) is 2. The van der Waals surface area contributed by atoms with Gasteiger partial charge < -0.3 is 15.1 Å². The zero-order chi connectivity index (χ0) is 15.3. The van der Waals surface area contributed by atoms with Crippen molar-refractivity contribution < 1.29 is 18.9 Å². The van der Waals surface area contributed by atoms with Gasteiger partial charge in [0.25, 0.3) is 0 Å². The molecular formula is C18H30LiN3. The van der Waals surface area contributed by atoms with Crippen molar-refractivity contribution in [3.63, 3.8) is 0 Å². The second-order valence-electron chi connectivity index (χ2n) is 7.43. The molecular weight excluding hydrogens is 265 g/mol. The van der Waals surface area contributed by atoms with E-state index in [0.717, 1.165) is 26.2 Å². The van der Waals surface area contributed by atoms with Gasteiger partial charge in [-0.15, -0.1) is 6.54 Å². The van der Waals surface area contributed by atoms with Crippen LogP contribution in [0, 0.1) is 5.41 Å². The fourth-order valence-electron chi connectivity index (χ4n) is 2.60. The SMILES string of the molecule is CN1CCN(C[C@H]([N-]CC(C)(C)C)c2ccccc2)CC1.[Li+]. The Morgan fingerprint density at radius 2 is 1.64 bits per heavy atom. The first-order valence-electron chi connectivity index (χ1n) is 8.06. The molecule has 1 aromatic rings. The normalized spacial score (nSPS) is 18.7. The van der Waals surface area contributed by atoms with Crippen molar-refractivity contribution in [2.75, 3.05) is 46.3 Å². The molecule has 1 saturated heterocycles. The van der Waals surface area contributed by atoms with Gasteiger partial charge in [-0.05, 0) is 13.6 Å². The van der Waals surface area contributed by atoms with E-state index in [-0.39, 0.29) is 24.3 Å². The fourth-order valence-corrected chi connectivity index (χ4v) is 2.60. The van der Waals surface area contributed by atoms with Gasteiger partial charge in [0.15, 0.2) is 0 Å². The molecule has 3 nitrogen and oxygen atoms in total. The topological polar surface area (TPSA) is 20.6 Å². The molecule has 0 aliphatic carbocycles. The first-order valence-corrected chi connectivity index (χ1v) is 8.06. The van der Waals surface area contributed by atoms with E-state index < -0.39 is 0 Å². The summed E-state index contributed by atoms with van der Waals surface area (Å²) in [5.74, 6) is 0. The summed E-state index contributed by atoms with van der Waals surface area (Å²) in [4.78, 5) is 4.96. The first kappa shape index (κ1) is 19.7. The zero-order valence-corrected chi connectivity index (χ0v) is 15.0. The van der Waals surface area contributed by atoms with Crippen LogP contribution in [0.3, 0.4) is 0 Å². The minimum absolute atomic E-state index is 0. The van der Waals surface area contributed by atoms with Crippen molar-refractivity contribution >= 4 is 0 Å². The Hall–Kier alpha value is -0.303. The molecule has 0 unspecified atom stereocenters. The summed E-state index contributed by atoms with van der Waals surface area (Å²) < 4.78 is 0. The minimum Gasteiger partial charge on any atom is -0.654 e. The average molecular weight is 295 g/mol. The van der Waals surface area contributed by atoms with E-state index in [1.165, 1.54) is 18.7 Å². The summed E-state index contributed by atoms with van der Waals surface area (Å²) >= 11 is 0. The van der Waals surface area contributed by atoms with Crippen molar-refractivity contribution in [1.82, 2.24) is 9.80 Å². The van der Waals surface area contributed by atoms with E-state index >= 15 is 0 Å². The van der Waals surface area contributed by atoms with Crippen LogP contribution in [-0.4, -0.2) is 56.1 Å². The third kappa shape index (κ3) is 6.85. The monoisotopic (exact) mass is 295 g/mol. The summed E-state index contributed by atoms with van der Waals surface area (Å²) in [6.45, 7) is 13.4. The molecule has 1 heterocycles. The molecule has 0 saturated carbocycles. The van der Waals surface area contributed by atoms with Crippen LogP contribution in [-0.2, 0) is 0 Å². The molecule has 1 aromatic carbocycles. The van der Waals surface area contributed by atoms with Crippen LogP contribution >= 0.6 is 0 Å². The van der Waals surface area contributed by atoms with E-state index in [1.807, 2.05) is 0 Å². The Kier molecular flexibility index (Phi) is 8.17. The van der Waals surface area contributed by atoms with Gasteiger partial charge in [-0.25, -0.2) is 0 Å². The molecule has 1 fully saturated rings. The van der Waals surface area contributed by atoms with Gasteiger partial charge in [0.05, 0.1) is 0 Å². The Balaban J connectivity index is 0.00000242. The van der Waals surface area contributed by atoms with E-state index in [0.29, 0.717) is 6.04 Å². The molecule has 1 aliphatic rings. The molecule has 22 heavy (non-hydrogen) atoms. The van der Waals surface area contributed by atoms with E-state index in [9.17, 15) is 0 Å². The van der Waals surface area contributed by atoms with Crippen LogP contribution in [0.1, 0.15) is 32.4 Å². The molecule has 0 N–H and O–H groups in total. The van der Waals surface area contributed by atoms with Gasteiger partial charge >= 0.3 is 18.9 Å². The van der Waals surface area contributed by atoms with Gasteiger partial charge in [0, 0.05) is 26.2 Å². The quantitative estimate of drug-likeness (QED) is 0.733. The number of nitrogens with zero attached hydrogens (tertiary/aromatic N) is 3.